The lowest BCUT2D eigenvalue weighted by Crippen LogP contribution is -2.25. The van der Waals surface area contributed by atoms with Crippen molar-refractivity contribution in [1.29, 1.82) is 0 Å². The van der Waals surface area contributed by atoms with Gasteiger partial charge in [0, 0.05) is 18.8 Å². The van der Waals surface area contributed by atoms with E-state index in [2.05, 4.69) is 43.0 Å². The number of rotatable bonds is 2. The maximum Gasteiger partial charge on any atom is 0.0399 e. The second-order valence-corrected chi connectivity index (χ2v) is 4.22. The van der Waals surface area contributed by atoms with Crippen molar-refractivity contribution < 1.29 is 0 Å². The Hall–Kier alpha value is -0.980. The van der Waals surface area contributed by atoms with Crippen molar-refractivity contribution >= 4 is 5.69 Å². The van der Waals surface area contributed by atoms with Crippen molar-refractivity contribution in [2.24, 2.45) is 5.92 Å². The van der Waals surface area contributed by atoms with Crippen LogP contribution in [0.4, 0.5) is 5.69 Å². The molecule has 1 heteroatoms. The van der Waals surface area contributed by atoms with Crippen LogP contribution in [0.25, 0.3) is 0 Å². The van der Waals surface area contributed by atoms with Gasteiger partial charge in [0.15, 0.2) is 0 Å². The molecule has 0 unspecified atom stereocenters. The van der Waals surface area contributed by atoms with Crippen LogP contribution in [-0.2, 0) is 6.42 Å². The largest absolute Gasteiger partial charge is 0.371 e. The molecule has 0 amide bonds. The molecule has 0 saturated heterocycles. The summed E-state index contributed by atoms with van der Waals surface area (Å²) in [7, 11) is 0. The molecule has 1 aromatic rings. The molecule has 1 nitrogen and oxygen atoms in total. The summed E-state index contributed by atoms with van der Waals surface area (Å²) in [5.74, 6) is 0.756. The molecule has 0 spiro atoms. The number of benzene rings is 1. The highest BCUT2D eigenvalue weighted by Crippen LogP contribution is 2.27. The maximum absolute atomic E-state index is 2.50. The minimum Gasteiger partial charge on any atom is -0.371 e. The van der Waals surface area contributed by atoms with Crippen LogP contribution in [0.15, 0.2) is 24.3 Å². The van der Waals surface area contributed by atoms with Gasteiger partial charge in [-0.2, -0.15) is 0 Å². The van der Waals surface area contributed by atoms with Gasteiger partial charge in [-0.25, -0.2) is 0 Å². The quantitative estimate of drug-likeness (QED) is 0.668. The molecule has 1 aromatic carbocycles. The van der Waals surface area contributed by atoms with Crippen LogP contribution in [-0.4, -0.2) is 13.1 Å². The van der Waals surface area contributed by atoms with Crippen molar-refractivity contribution in [1.82, 2.24) is 0 Å². The van der Waals surface area contributed by atoms with Crippen molar-refractivity contribution in [3.05, 3.63) is 29.8 Å². The molecule has 0 atom stereocenters. The SMILES string of the molecule is CC(C)CN1CCc2ccccc21. The van der Waals surface area contributed by atoms with Crippen LogP contribution >= 0.6 is 0 Å². The summed E-state index contributed by atoms with van der Waals surface area (Å²) >= 11 is 0. The van der Waals surface area contributed by atoms with E-state index in [1.807, 2.05) is 0 Å². The Morgan fingerprint density at radius 2 is 2.08 bits per heavy atom. The monoisotopic (exact) mass is 175 g/mol. The number of hydrogen-bond donors (Lipinski definition) is 0. The van der Waals surface area contributed by atoms with Crippen molar-refractivity contribution in [2.45, 2.75) is 20.3 Å². The van der Waals surface area contributed by atoms with E-state index in [1.165, 1.54) is 30.8 Å². The molecular weight excluding hydrogens is 158 g/mol. The third kappa shape index (κ3) is 1.69. The Morgan fingerprint density at radius 1 is 1.31 bits per heavy atom. The minimum absolute atomic E-state index is 0.756. The highest BCUT2D eigenvalue weighted by molar-refractivity contribution is 5.57. The van der Waals surface area contributed by atoms with E-state index in [4.69, 9.17) is 0 Å². The van der Waals surface area contributed by atoms with Gasteiger partial charge in [-0.3, -0.25) is 0 Å². The third-order valence-electron chi connectivity index (χ3n) is 2.57. The molecule has 0 saturated carbocycles. The summed E-state index contributed by atoms with van der Waals surface area (Å²) in [5.41, 5.74) is 2.97. The molecule has 0 N–H and O–H groups in total. The summed E-state index contributed by atoms with van der Waals surface area (Å²) in [6.45, 7) is 6.95. The van der Waals surface area contributed by atoms with Crippen molar-refractivity contribution in [3.8, 4) is 0 Å². The fourth-order valence-corrected chi connectivity index (χ4v) is 2.04. The maximum atomic E-state index is 2.50. The first-order valence-electron chi connectivity index (χ1n) is 5.10. The first kappa shape index (κ1) is 8.61. The lowest BCUT2D eigenvalue weighted by Gasteiger charge is -2.21. The summed E-state index contributed by atoms with van der Waals surface area (Å²) in [6.07, 6.45) is 1.23. The first-order valence-corrected chi connectivity index (χ1v) is 5.10. The van der Waals surface area contributed by atoms with Gasteiger partial charge in [0.05, 0.1) is 0 Å². The van der Waals surface area contributed by atoms with Crippen LogP contribution in [0.3, 0.4) is 0 Å². The highest BCUT2D eigenvalue weighted by Gasteiger charge is 2.18. The number of para-hydroxylation sites is 1. The predicted molar refractivity (Wildman–Crippen MR) is 57.2 cm³/mol. The van der Waals surface area contributed by atoms with E-state index in [-0.39, 0.29) is 0 Å². The molecule has 0 aliphatic carbocycles. The molecule has 1 aliphatic rings. The van der Waals surface area contributed by atoms with E-state index in [9.17, 15) is 0 Å². The van der Waals surface area contributed by atoms with E-state index < -0.39 is 0 Å². The lowest BCUT2D eigenvalue weighted by atomic mass is 10.1. The van der Waals surface area contributed by atoms with Crippen molar-refractivity contribution in [3.63, 3.8) is 0 Å². The molecule has 1 heterocycles. The van der Waals surface area contributed by atoms with E-state index in [0.717, 1.165) is 5.92 Å². The van der Waals surface area contributed by atoms with E-state index >= 15 is 0 Å². The third-order valence-corrected chi connectivity index (χ3v) is 2.57. The van der Waals surface area contributed by atoms with Gasteiger partial charge in [0.1, 0.15) is 0 Å². The minimum atomic E-state index is 0.756. The van der Waals surface area contributed by atoms with Crippen LogP contribution in [0.1, 0.15) is 19.4 Å². The zero-order valence-electron chi connectivity index (χ0n) is 8.46. The molecule has 0 radical (unpaired) electrons. The topological polar surface area (TPSA) is 3.24 Å². The first-order chi connectivity index (χ1) is 6.27. The van der Waals surface area contributed by atoms with Gasteiger partial charge in [-0.05, 0) is 24.0 Å². The lowest BCUT2D eigenvalue weighted by molar-refractivity contribution is 0.622. The molecule has 1 aliphatic heterocycles. The standard InChI is InChI=1S/C12H17N/c1-10(2)9-13-8-7-11-5-3-4-6-12(11)13/h3-6,10H,7-9H2,1-2H3. The summed E-state index contributed by atoms with van der Waals surface area (Å²) < 4.78 is 0. The molecular formula is C12H17N. The highest BCUT2D eigenvalue weighted by atomic mass is 15.1. The summed E-state index contributed by atoms with van der Waals surface area (Å²) in [4.78, 5) is 2.50. The number of hydrogen-bond acceptors (Lipinski definition) is 1. The molecule has 2 rings (SSSR count). The van der Waals surface area contributed by atoms with Gasteiger partial charge in [-0.1, -0.05) is 32.0 Å². The fourth-order valence-electron chi connectivity index (χ4n) is 2.04. The predicted octanol–water partition coefficient (Wildman–Crippen LogP) is 2.71. The average molecular weight is 175 g/mol. The Morgan fingerprint density at radius 3 is 2.85 bits per heavy atom. The number of nitrogens with zero attached hydrogens (tertiary/aromatic N) is 1. The Balaban J connectivity index is 2.18. The fraction of sp³-hybridized carbons (Fsp3) is 0.500. The zero-order chi connectivity index (χ0) is 9.26. The number of fused-ring (bicyclic) bond motifs is 1. The second-order valence-electron chi connectivity index (χ2n) is 4.22. The summed E-state index contributed by atoms with van der Waals surface area (Å²) in [5, 5.41) is 0. The second kappa shape index (κ2) is 3.41. The Labute approximate surface area is 80.4 Å². The van der Waals surface area contributed by atoms with Crippen LogP contribution in [0.2, 0.25) is 0 Å². The zero-order valence-corrected chi connectivity index (χ0v) is 8.46. The molecule has 0 aromatic heterocycles. The summed E-state index contributed by atoms with van der Waals surface area (Å²) in [6, 6.07) is 8.76. The van der Waals surface area contributed by atoms with Gasteiger partial charge < -0.3 is 4.90 Å². The van der Waals surface area contributed by atoms with Crippen molar-refractivity contribution in [2.75, 3.05) is 18.0 Å². The molecule has 70 valence electrons. The molecule has 0 fully saturated rings. The van der Waals surface area contributed by atoms with Crippen LogP contribution in [0.5, 0.6) is 0 Å². The van der Waals surface area contributed by atoms with E-state index in [0.29, 0.717) is 0 Å². The average Bonchev–Trinajstić information content (AvgIpc) is 2.48. The Bertz CT molecular complexity index is 291. The Kier molecular flexibility index (Phi) is 2.26. The van der Waals surface area contributed by atoms with Gasteiger partial charge in [-0.15, -0.1) is 0 Å². The smallest absolute Gasteiger partial charge is 0.0399 e. The van der Waals surface area contributed by atoms with Gasteiger partial charge >= 0.3 is 0 Å². The molecule has 13 heavy (non-hydrogen) atoms. The van der Waals surface area contributed by atoms with Crippen LogP contribution in [0, 0.1) is 5.92 Å². The van der Waals surface area contributed by atoms with Gasteiger partial charge in [0.25, 0.3) is 0 Å². The molecule has 0 bridgehead atoms. The van der Waals surface area contributed by atoms with Gasteiger partial charge in [0.2, 0.25) is 0 Å². The van der Waals surface area contributed by atoms with Crippen LogP contribution < -0.4 is 4.90 Å². The number of anilines is 1. The van der Waals surface area contributed by atoms with E-state index in [1.54, 1.807) is 0 Å². The normalized spacial score (nSPS) is 15.2.